The number of nitrogens with one attached hydrogen (secondary N) is 1. The summed E-state index contributed by atoms with van der Waals surface area (Å²) in [6.45, 7) is 9.16. The van der Waals surface area contributed by atoms with Gasteiger partial charge in [-0.05, 0) is 106 Å². The Kier molecular flexibility index (Phi) is 7.99. The highest BCUT2D eigenvalue weighted by atomic mass is 16.5. The number of ketones is 1. The van der Waals surface area contributed by atoms with Gasteiger partial charge in [0.15, 0.2) is 5.78 Å². The summed E-state index contributed by atoms with van der Waals surface area (Å²) >= 11 is 0. The minimum absolute atomic E-state index is 0.00663. The maximum atomic E-state index is 14.8. The van der Waals surface area contributed by atoms with Crippen LogP contribution in [0.1, 0.15) is 88.6 Å². The maximum absolute atomic E-state index is 14.8. The maximum Gasteiger partial charge on any atom is 0.317 e. The molecule has 0 aromatic heterocycles. The summed E-state index contributed by atoms with van der Waals surface area (Å²) in [5.74, 6) is 0.938. The van der Waals surface area contributed by atoms with Crippen LogP contribution in [0.25, 0.3) is 0 Å². The lowest BCUT2D eigenvalue weighted by molar-refractivity contribution is -0.174. The number of benzene rings is 2. The van der Waals surface area contributed by atoms with Crippen LogP contribution in [-0.2, 0) is 6.54 Å². The molecule has 2 spiro atoms. The zero-order valence-corrected chi connectivity index (χ0v) is 29.2. The van der Waals surface area contributed by atoms with E-state index in [9.17, 15) is 19.8 Å². The fraction of sp³-hybridized carbons (Fsp3) is 0.561. The molecule has 0 radical (unpaired) electrons. The number of hydrogen-bond donors (Lipinski definition) is 3. The monoisotopic (exact) mass is 652 g/mol. The number of carbonyl (C=O) groups excluding carboxylic acids is 2. The molecule has 0 saturated heterocycles. The van der Waals surface area contributed by atoms with Gasteiger partial charge >= 0.3 is 6.03 Å². The molecule has 6 aliphatic rings. The van der Waals surface area contributed by atoms with Crippen molar-refractivity contribution in [2.75, 3.05) is 13.7 Å². The number of Topliss-reactive ketones (excluding diaryl/α,β-unsaturated/α-hetero) is 1. The van der Waals surface area contributed by atoms with E-state index in [1.54, 1.807) is 12.0 Å². The number of allylic oxidation sites excluding steroid dienone is 4. The van der Waals surface area contributed by atoms with Crippen molar-refractivity contribution in [2.24, 2.45) is 33.5 Å². The molecule has 8 rings (SSSR count). The predicted molar refractivity (Wildman–Crippen MR) is 186 cm³/mol. The minimum atomic E-state index is -1.14. The minimum Gasteiger partial charge on any atom is -0.497 e. The molecule has 7 nitrogen and oxygen atoms in total. The Bertz CT molecular complexity index is 1640. The van der Waals surface area contributed by atoms with Crippen LogP contribution in [0.3, 0.4) is 0 Å². The quantitative estimate of drug-likeness (QED) is 0.209. The van der Waals surface area contributed by atoms with E-state index in [1.807, 2.05) is 68.4 Å². The molecule has 3 fully saturated rings. The smallest absolute Gasteiger partial charge is 0.317 e. The van der Waals surface area contributed by atoms with Gasteiger partial charge in [0.2, 0.25) is 0 Å². The van der Waals surface area contributed by atoms with Gasteiger partial charge in [-0.1, -0.05) is 62.4 Å². The van der Waals surface area contributed by atoms with E-state index < -0.39 is 27.9 Å². The molecular formula is C41H52N2O5. The number of nitrogens with zero attached hydrogens (tertiary/aromatic N) is 1. The summed E-state index contributed by atoms with van der Waals surface area (Å²) in [6, 6.07) is 17.2. The standard InChI is InChI=1S/C41H52N2O5/c1-27(2)42-36(46)43(25-28-9-7-6-8-10-28)26-40(47)20-17-34-38(40,4)19-16-33-37(3)18-15-30(44)23-39(37)21-22-41(33,34)32(24-39)35(45)29-11-13-31(48-5)14-12-29/h6-14,21-22,24,27,30,33-34,44,47H,15-20,23,25-26H2,1-5H3,(H,42,46)/t30?,33-,34-,37-,38+,39+,40-,41-/m1/s1. The highest BCUT2D eigenvalue weighted by Crippen LogP contribution is 2.78. The number of aliphatic hydroxyl groups is 2. The van der Waals surface area contributed by atoms with Gasteiger partial charge in [-0.15, -0.1) is 0 Å². The molecule has 1 unspecified atom stereocenters. The summed E-state index contributed by atoms with van der Waals surface area (Å²) in [6.07, 6.45) is 11.8. The van der Waals surface area contributed by atoms with Crippen LogP contribution >= 0.6 is 0 Å². The molecule has 2 aromatic carbocycles. The van der Waals surface area contributed by atoms with Crippen LogP contribution in [0, 0.1) is 33.5 Å². The molecule has 2 amide bonds. The number of ether oxygens (including phenoxy) is 1. The van der Waals surface area contributed by atoms with Crippen molar-refractivity contribution in [1.29, 1.82) is 0 Å². The lowest BCUT2D eigenvalue weighted by atomic mass is 9.32. The third kappa shape index (κ3) is 4.74. The molecule has 6 aliphatic carbocycles. The fourth-order valence-electron chi connectivity index (χ4n) is 11.2. The van der Waals surface area contributed by atoms with Crippen LogP contribution in [0.15, 0.2) is 78.4 Å². The highest BCUT2D eigenvalue weighted by Gasteiger charge is 2.74. The van der Waals surface area contributed by atoms with Crippen LogP contribution in [0.5, 0.6) is 5.75 Å². The molecular weight excluding hydrogens is 600 g/mol. The average molecular weight is 653 g/mol. The number of amides is 2. The Morgan fingerprint density at radius 2 is 1.60 bits per heavy atom. The van der Waals surface area contributed by atoms with Gasteiger partial charge in [0.05, 0.1) is 25.4 Å². The molecule has 3 N–H and O–H groups in total. The van der Waals surface area contributed by atoms with E-state index in [0.717, 1.165) is 43.2 Å². The fourth-order valence-corrected chi connectivity index (χ4v) is 11.2. The molecule has 48 heavy (non-hydrogen) atoms. The number of aliphatic hydroxyl groups excluding tert-OH is 1. The Hall–Kier alpha value is -3.42. The van der Waals surface area contributed by atoms with Crippen molar-refractivity contribution in [2.45, 2.75) is 96.9 Å². The molecule has 2 aromatic rings. The van der Waals surface area contributed by atoms with E-state index in [0.29, 0.717) is 30.7 Å². The third-order valence-corrected chi connectivity index (χ3v) is 13.7. The number of urea groups is 1. The highest BCUT2D eigenvalue weighted by molar-refractivity contribution is 6.10. The van der Waals surface area contributed by atoms with Crippen LogP contribution < -0.4 is 10.1 Å². The summed E-state index contributed by atoms with van der Waals surface area (Å²) in [7, 11) is 1.62. The number of carbonyl (C=O) groups is 2. The van der Waals surface area contributed by atoms with E-state index in [-0.39, 0.29) is 41.7 Å². The Morgan fingerprint density at radius 1 is 0.938 bits per heavy atom. The predicted octanol–water partition coefficient (Wildman–Crippen LogP) is 7.09. The summed E-state index contributed by atoms with van der Waals surface area (Å²) < 4.78 is 5.40. The van der Waals surface area contributed by atoms with Crippen molar-refractivity contribution >= 4 is 11.8 Å². The largest absolute Gasteiger partial charge is 0.497 e. The van der Waals surface area contributed by atoms with Crippen molar-refractivity contribution in [3.63, 3.8) is 0 Å². The second kappa shape index (κ2) is 11.6. The Morgan fingerprint density at radius 3 is 2.29 bits per heavy atom. The second-order valence-electron chi connectivity index (χ2n) is 16.3. The van der Waals surface area contributed by atoms with Crippen LogP contribution in [0.4, 0.5) is 4.79 Å². The molecule has 0 heterocycles. The lowest BCUT2D eigenvalue weighted by Crippen LogP contribution is -2.67. The van der Waals surface area contributed by atoms with Crippen LogP contribution in [0.2, 0.25) is 0 Å². The van der Waals surface area contributed by atoms with Crippen molar-refractivity contribution in [3.05, 3.63) is 89.5 Å². The number of methoxy groups -OCH3 is 1. The molecule has 2 bridgehead atoms. The normalized spacial score (nSPS) is 37.7. The molecule has 7 heteroatoms. The first-order chi connectivity index (χ1) is 22.8. The van der Waals surface area contributed by atoms with Gasteiger partial charge in [-0.25, -0.2) is 4.79 Å². The van der Waals surface area contributed by atoms with E-state index in [4.69, 9.17) is 4.74 Å². The van der Waals surface area contributed by atoms with Crippen LogP contribution in [-0.4, -0.2) is 58.3 Å². The molecule has 0 aliphatic heterocycles. The van der Waals surface area contributed by atoms with Gasteiger partial charge in [0.1, 0.15) is 5.75 Å². The van der Waals surface area contributed by atoms with Crippen molar-refractivity contribution in [3.8, 4) is 5.75 Å². The van der Waals surface area contributed by atoms with Gasteiger partial charge in [0, 0.05) is 40.0 Å². The lowest BCUT2D eigenvalue weighted by Gasteiger charge is -2.71. The Balaban J connectivity index is 1.31. The average Bonchev–Trinajstić information content (AvgIpc) is 3.34. The Labute approximate surface area is 285 Å². The first-order valence-electron chi connectivity index (χ1n) is 17.9. The van der Waals surface area contributed by atoms with Gasteiger partial charge in [-0.3, -0.25) is 4.79 Å². The SMILES string of the molecule is COc1ccc(C(=O)C2=C[C@@]34C=C[C@@]25[C@@H]2CC[C@@](O)(CN(Cc6ccccc6)C(=O)NC(C)C)[C@@]2(C)CC[C@@H]5[C@@]3(C)CCC(O)C4)cc1. The van der Waals surface area contributed by atoms with Crippen molar-refractivity contribution < 1.29 is 24.5 Å². The van der Waals surface area contributed by atoms with E-state index >= 15 is 0 Å². The van der Waals surface area contributed by atoms with Crippen molar-refractivity contribution in [1.82, 2.24) is 10.2 Å². The van der Waals surface area contributed by atoms with Gasteiger partial charge in [-0.2, -0.15) is 0 Å². The zero-order valence-electron chi connectivity index (χ0n) is 29.2. The topological polar surface area (TPSA) is 99.1 Å². The number of hydrogen-bond acceptors (Lipinski definition) is 5. The summed E-state index contributed by atoms with van der Waals surface area (Å²) in [5.41, 5.74) is -0.264. The summed E-state index contributed by atoms with van der Waals surface area (Å²) in [4.78, 5) is 30.3. The summed E-state index contributed by atoms with van der Waals surface area (Å²) in [5, 5.41) is 27.0. The third-order valence-electron chi connectivity index (χ3n) is 13.7. The van der Waals surface area contributed by atoms with E-state index in [2.05, 4.69) is 37.4 Å². The zero-order chi connectivity index (χ0) is 34.1. The van der Waals surface area contributed by atoms with Gasteiger partial charge < -0.3 is 25.2 Å². The first kappa shape index (κ1) is 33.1. The number of rotatable bonds is 8. The molecule has 8 atom stereocenters. The second-order valence-corrected chi connectivity index (χ2v) is 16.3. The first-order valence-corrected chi connectivity index (χ1v) is 17.9. The molecule has 256 valence electrons. The molecule has 3 saturated carbocycles. The van der Waals surface area contributed by atoms with Gasteiger partial charge in [0.25, 0.3) is 0 Å². The number of fused-ring (bicyclic) bond motifs is 1. The van der Waals surface area contributed by atoms with E-state index in [1.165, 1.54) is 0 Å².